The molecule has 0 atom stereocenters. The average Bonchev–Trinajstić information content (AvgIpc) is 3.06. The molecule has 0 bridgehead atoms. The van der Waals surface area contributed by atoms with Gasteiger partial charge in [-0.3, -0.25) is 29.4 Å². The van der Waals surface area contributed by atoms with Gasteiger partial charge in [0, 0.05) is 16.6 Å². The molecule has 10 nitrogen and oxygen atoms in total. The van der Waals surface area contributed by atoms with Gasteiger partial charge in [-0.25, -0.2) is 0 Å². The number of esters is 1. The minimum atomic E-state index is -0.666. The third-order valence-corrected chi connectivity index (χ3v) is 6.23. The molecular weight excluding hydrogens is 544 g/mol. The number of amides is 2. The summed E-state index contributed by atoms with van der Waals surface area (Å²) in [5.41, 5.74) is 1.27. The quantitative estimate of drug-likeness (QED) is 0.180. The summed E-state index contributed by atoms with van der Waals surface area (Å²) in [6.07, 6.45) is 1.16. The molecule has 12 heteroatoms. The highest BCUT2D eigenvalue weighted by Gasteiger charge is 2.37. The summed E-state index contributed by atoms with van der Waals surface area (Å²) in [7, 11) is 1.46. The van der Waals surface area contributed by atoms with Crippen LogP contribution in [0.1, 0.15) is 25.0 Å². The number of hydrogen-bond acceptors (Lipinski definition) is 9. The molecule has 2 amide bonds. The van der Waals surface area contributed by atoms with Gasteiger partial charge in [-0.05, 0) is 67.1 Å². The Morgan fingerprint density at radius 3 is 2.49 bits per heavy atom. The first-order valence-corrected chi connectivity index (χ1v) is 11.9. The van der Waals surface area contributed by atoms with Crippen LogP contribution in [0.5, 0.6) is 11.5 Å². The molecule has 3 rings (SSSR count). The minimum Gasteiger partial charge on any atom is -0.493 e. The Bertz CT molecular complexity index is 1200. The number of non-ortho nitro benzene ring substituents is 1. The first-order chi connectivity index (χ1) is 16.6. The molecule has 1 aliphatic rings. The van der Waals surface area contributed by atoms with Crippen LogP contribution in [0.15, 0.2) is 45.8 Å². The van der Waals surface area contributed by atoms with Crippen molar-refractivity contribution >= 4 is 56.6 Å². The Morgan fingerprint density at radius 1 is 1.20 bits per heavy atom. The molecule has 1 heterocycles. The Kier molecular flexibility index (Phi) is 8.52. The van der Waals surface area contributed by atoms with Gasteiger partial charge in [0.05, 0.1) is 23.0 Å². The van der Waals surface area contributed by atoms with E-state index in [1.807, 2.05) is 0 Å². The van der Waals surface area contributed by atoms with E-state index >= 15 is 0 Å². The molecule has 1 aliphatic heterocycles. The number of halogens is 1. The Hall–Kier alpha value is -3.38. The van der Waals surface area contributed by atoms with Gasteiger partial charge in [0.1, 0.15) is 13.2 Å². The third kappa shape index (κ3) is 6.61. The fraction of sp³-hybridized carbons (Fsp3) is 0.261. The predicted octanol–water partition coefficient (Wildman–Crippen LogP) is 4.93. The largest absolute Gasteiger partial charge is 0.493 e. The summed E-state index contributed by atoms with van der Waals surface area (Å²) in [6.45, 7) is 3.04. The topological polar surface area (TPSA) is 125 Å². The maximum atomic E-state index is 12.7. The SMILES string of the molecule is COc1cc(/C=C2/SC(=O)N(CC(=O)OC(C)C)C2=O)c(Br)cc1OCc1ccc([N+](=O)[O-])cc1. The zero-order valence-electron chi connectivity index (χ0n) is 19.0. The number of imide groups is 1. The van der Waals surface area contributed by atoms with E-state index in [0.717, 1.165) is 22.2 Å². The van der Waals surface area contributed by atoms with E-state index in [0.29, 0.717) is 21.5 Å². The van der Waals surface area contributed by atoms with E-state index in [1.54, 1.807) is 38.1 Å². The average molecular weight is 565 g/mol. The fourth-order valence-corrected chi connectivity index (χ4v) is 4.28. The van der Waals surface area contributed by atoms with Crippen LogP contribution in [0, 0.1) is 10.1 Å². The number of rotatable bonds is 9. The molecule has 0 unspecified atom stereocenters. The standard InChI is InChI=1S/C23H21BrN2O8S/c1-13(2)34-21(27)11-25-22(28)20(35-23(25)29)9-15-8-18(32-3)19(10-17(15)24)33-12-14-4-6-16(7-5-14)26(30)31/h4-10,13H,11-12H2,1-3H3/b20-9+. The Labute approximate surface area is 213 Å². The molecule has 0 aliphatic carbocycles. The van der Waals surface area contributed by atoms with Gasteiger partial charge < -0.3 is 14.2 Å². The number of benzene rings is 2. The Balaban J connectivity index is 1.76. The smallest absolute Gasteiger partial charge is 0.326 e. The molecule has 184 valence electrons. The van der Waals surface area contributed by atoms with Crippen molar-refractivity contribution in [3.05, 3.63) is 67.0 Å². The van der Waals surface area contributed by atoms with Gasteiger partial charge >= 0.3 is 5.97 Å². The highest BCUT2D eigenvalue weighted by molar-refractivity contribution is 9.10. The lowest BCUT2D eigenvalue weighted by Gasteiger charge is -2.14. The number of nitro groups is 1. The second kappa shape index (κ2) is 11.4. The highest BCUT2D eigenvalue weighted by Crippen LogP contribution is 2.38. The molecule has 0 spiro atoms. The zero-order chi connectivity index (χ0) is 25.7. The van der Waals surface area contributed by atoms with Crippen molar-refractivity contribution in [2.45, 2.75) is 26.6 Å². The molecule has 35 heavy (non-hydrogen) atoms. The fourth-order valence-electron chi connectivity index (χ4n) is 3.02. The van der Waals surface area contributed by atoms with Crippen LogP contribution in [0.3, 0.4) is 0 Å². The zero-order valence-corrected chi connectivity index (χ0v) is 21.4. The minimum absolute atomic E-state index is 0.0142. The number of thioether (sulfide) groups is 1. The molecule has 0 radical (unpaired) electrons. The summed E-state index contributed by atoms with van der Waals surface area (Å²) in [5, 5.41) is 10.2. The maximum Gasteiger partial charge on any atom is 0.326 e. The lowest BCUT2D eigenvalue weighted by Crippen LogP contribution is -2.35. The van der Waals surface area contributed by atoms with Crippen LogP contribution in [-0.4, -0.2) is 46.7 Å². The molecular formula is C23H21BrN2O8S. The van der Waals surface area contributed by atoms with E-state index in [2.05, 4.69) is 15.9 Å². The van der Waals surface area contributed by atoms with Crippen molar-refractivity contribution in [3.8, 4) is 11.5 Å². The summed E-state index contributed by atoms with van der Waals surface area (Å²) < 4.78 is 16.8. The summed E-state index contributed by atoms with van der Waals surface area (Å²) in [6, 6.07) is 9.27. The van der Waals surface area contributed by atoms with Gasteiger partial charge in [-0.1, -0.05) is 15.9 Å². The Morgan fingerprint density at radius 2 is 1.89 bits per heavy atom. The molecule has 0 saturated carbocycles. The summed E-state index contributed by atoms with van der Waals surface area (Å²) in [4.78, 5) is 48.2. The van der Waals surface area contributed by atoms with Gasteiger partial charge in [0.2, 0.25) is 0 Å². The van der Waals surface area contributed by atoms with Crippen molar-refractivity contribution in [1.82, 2.24) is 4.90 Å². The summed E-state index contributed by atoms with van der Waals surface area (Å²) in [5.74, 6) is -0.480. The van der Waals surface area contributed by atoms with Gasteiger partial charge in [-0.2, -0.15) is 0 Å². The summed E-state index contributed by atoms with van der Waals surface area (Å²) >= 11 is 4.16. The van der Waals surface area contributed by atoms with E-state index in [4.69, 9.17) is 14.2 Å². The highest BCUT2D eigenvalue weighted by atomic mass is 79.9. The number of nitro benzene ring substituents is 1. The van der Waals surface area contributed by atoms with Crippen molar-refractivity contribution in [3.63, 3.8) is 0 Å². The number of ether oxygens (including phenoxy) is 3. The van der Waals surface area contributed by atoms with Gasteiger partial charge in [0.15, 0.2) is 11.5 Å². The van der Waals surface area contributed by atoms with Crippen LogP contribution in [0.2, 0.25) is 0 Å². The number of methoxy groups -OCH3 is 1. The number of carbonyl (C=O) groups is 3. The van der Waals surface area contributed by atoms with E-state index in [-0.39, 0.29) is 23.3 Å². The molecule has 0 aromatic heterocycles. The lowest BCUT2D eigenvalue weighted by molar-refractivity contribution is -0.384. The second-order valence-corrected chi connectivity index (χ2v) is 9.39. The van der Waals surface area contributed by atoms with Crippen LogP contribution >= 0.6 is 27.7 Å². The van der Waals surface area contributed by atoms with E-state index in [9.17, 15) is 24.5 Å². The molecule has 1 saturated heterocycles. The number of carbonyl (C=O) groups excluding carboxylic acids is 3. The molecule has 0 N–H and O–H groups in total. The lowest BCUT2D eigenvalue weighted by atomic mass is 10.1. The van der Waals surface area contributed by atoms with Crippen LogP contribution in [0.25, 0.3) is 6.08 Å². The first kappa shape index (κ1) is 26.2. The van der Waals surface area contributed by atoms with Gasteiger partial charge in [-0.15, -0.1) is 0 Å². The van der Waals surface area contributed by atoms with Crippen molar-refractivity contribution < 1.29 is 33.5 Å². The maximum absolute atomic E-state index is 12.7. The van der Waals surface area contributed by atoms with Crippen molar-refractivity contribution in [2.75, 3.05) is 13.7 Å². The number of hydrogen-bond donors (Lipinski definition) is 0. The molecule has 2 aromatic carbocycles. The van der Waals surface area contributed by atoms with Crippen LogP contribution < -0.4 is 9.47 Å². The van der Waals surface area contributed by atoms with E-state index in [1.165, 1.54) is 25.3 Å². The van der Waals surface area contributed by atoms with Crippen LogP contribution in [-0.2, 0) is 20.9 Å². The predicted molar refractivity (Wildman–Crippen MR) is 132 cm³/mol. The van der Waals surface area contributed by atoms with E-state index < -0.39 is 28.6 Å². The van der Waals surface area contributed by atoms with Crippen LogP contribution in [0.4, 0.5) is 10.5 Å². The number of nitrogens with zero attached hydrogens (tertiary/aromatic N) is 2. The second-order valence-electron chi connectivity index (χ2n) is 7.54. The molecule has 2 aromatic rings. The van der Waals surface area contributed by atoms with Crippen molar-refractivity contribution in [2.24, 2.45) is 0 Å². The van der Waals surface area contributed by atoms with Gasteiger partial charge in [0.25, 0.3) is 16.8 Å². The normalized spacial score (nSPS) is 14.5. The monoisotopic (exact) mass is 564 g/mol. The first-order valence-electron chi connectivity index (χ1n) is 10.3. The third-order valence-electron chi connectivity index (χ3n) is 4.64. The van der Waals surface area contributed by atoms with Crippen molar-refractivity contribution in [1.29, 1.82) is 0 Å². The molecule has 1 fully saturated rings.